The molecule has 0 aliphatic carbocycles. The fourth-order valence-electron chi connectivity index (χ4n) is 10.7. The van der Waals surface area contributed by atoms with Gasteiger partial charge in [-0.1, -0.05) is 200 Å². The number of nitrogens with zero attached hydrogens (tertiary/aromatic N) is 5. The molecule has 0 spiro atoms. The Labute approximate surface area is 379 Å². The molecule has 0 fully saturated rings. The quantitative estimate of drug-likeness (QED) is 0.162. The first-order valence-corrected chi connectivity index (χ1v) is 22.5. The van der Waals surface area contributed by atoms with Gasteiger partial charge < -0.3 is 4.57 Å². The Hall–Kier alpha value is -8.93. The third-order valence-corrected chi connectivity index (χ3v) is 13.5. The third kappa shape index (κ3) is 5.31. The summed E-state index contributed by atoms with van der Waals surface area (Å²) in [6, 6.07) is 80.2. The van der Waals surface area contributed by atoms with Gasteiger partial charge in [-0.25, -0.2) is 4.98 Å². The van der Waals surface area contributed by atoms with Crippen molar-refractivity contribution < 1.29 is 0 Å². The van der Waals surface area contributed by atoms with Crippen LogP contribution in [-0.2, 0) is 0 Å². The number of hydrogen-bond donors (Lipinski definition) is 0. The molecule has 0 saturated carbocycles. The van der Waals surface area contributed by atoms with Gasteiger partial charge in [-0.2, -0.15) is 9.97 Å². The molecule has 0 amide bonds. The Morgan fingerprint density at radius 3 is 1.41 bits per heavy atom. The van der Waals surface area contributed by atoms with Crippen LogP contribution in [0.5, 0.6) is 0 Å². The zero-order valence-corrected chi connectivity index (χ0v) is 35.6. The van der Waals surface area contributed by atoms with Crippen LogP contribution in [0.3, 0.4) is 0 Å². The Bertz CT molecular complexity index is 4270. The van der Waals surface area contributed by atoms with E-state index in [0.29, 0.717) is 17.6 Å². The average Bonchev–Trinajstić information content (AvgIpc) is 3.93. The lowest BCUT2D eigenvalue weighted by Gasteiger charge is -2.17. The maximum atomic E-state index is 5.63. The van der Waals surface area contributed by atoms with E-state index in [9.17, 15) is 0 Å². The highest BCUT2D eigenvalue weighted by Crippen LogP contribution is 2.50. The predicted octanol–water partition coefficient (Wildman–Crippen LogP) is 15.7. The number of rotatable bonds is 5. The molecule has 306 valence electrons. The first kappa shape index (κ1) is 36.5. The van der Waals surface area contributed by atoms with Gasteiger partial charge in [0.05, 0.1) is 22.1 Å². The second kappa shape index (κ2) is 14.3. The molecule has 14 rings (SSSR count). The van der Waals surface area contributed by atoms with Crippen LogP contribution >= 0.6 is 0 Å². The van der Waals surface area contributed by atoms with E-state index in [0.717, 1.165) is 66.2 Å². The average molecular weight is 840 g/mol. The third-order valence-electron chi connectivity index (χ3n) is 13.5. The molecular formula is C61H37N5. The SMILES string of the molecule is c1ccc(-c2cccc(-c3nc(-c4ccccc4)nc(-n4c5c(c6ccccc6c6c7ccccc7c7ccccc7c65)c5ccc6c7ccccc7n(-c7ccccc7)c6c54)n3)c2)cc1. The van der Waals surface area contributed by atoms with Gasteiger partial charge in [0, 0.05) is 49.1 Å². The summed E-state index contributed by atoms with van der Waals surface area (Å²) >= 11 is 0. The zero-order chi connectivity index (χ0) is 43.3. The molecule has 0 saturated heterocycles. The van der Waals surface area contributed by atoms with Crippen LogP contribution < -0.4 is 0 Å². The van der Waals surface area contributed by atoms with Crippen molar-refractivity contribution >= 4 is 86.7 Å². The van der Waals surface area contributed by atoms with Crippen LogP contribution in [0, 0.1) is 0 Å². The summed E-state index contributed by atoms with van der Waals surface area (Å²) in [6.07, 6.45) is 0. The molecule has 11 aromatic carbocycles. The van der Waals surface area contributed by atoms with Crippen molar-refractivity contribution in [1.29, 1.82) is 0 Å². The van der Waals surface area contributed by atoms with E-state index in [1.807, 2.05) is 18.2 Å². The second-order valence-electron chi connectivity index (χ2n) is 17.1. The van der Waals surface area contributed by atoms with E-state index in [-0.39, 0.29) is 0 Å². The minimum Gasteiger partial charge on any atom is -0.307 e. The highest BCUT2D eigenvalue weighted by Gasteiger charge is 2.28. The van der Waals surface area contributed by atoms with E-state index < -0.39 is 0 Å². The maximum Gasteiger partial charge on any atom is 0.238 e. The van der Waals surface area contributed by atoms with Gasteiger partial charge in [-0.05, 0) is 67.7 Å². The molecular weight excluding hydrogens is 803 g/mol. The van der Waals surface area contributed by atoms with Crippen molar-refractivity contribution in [2.24, 2.45) is 0 Å². The topological polar surface area (TPSA) is 48.5 Å². The Morgan fingerprint density at radius 2 is 0.727 bits per heavy atom. The number of benzene rings is 11. The molecule has 3 aromatic heterocycles. The van der Waals surface area contributed by atoms with Gasteiger partial charge in [0.1, 0.15) is 0 Å². The smallest absolute Gasteiger partial charge is 0.238 e. The Kier molecular flexibility index (Phi) is 7.91. The maximum absolute atomic E-state index is 5.63. The fraction of sp³-hybridized carbons (Fsp3) is 0. The number of aromatic nitrogens is 5. The first-order valence-electron chi connectivity index (χ1n) is 22.5. The highest BCUT2D eigenvalue weighted by atomic mass is 15.2. The van der Waals surface area contributed by atoms with E-state index in [1.165, 1.54) is 48.5 Å². The number of hydrogen-bond acceptors (Lipinski definition) is 3. The van der Waals surface area contributed by atoms with Crippen LogP contribution in [0.2, 0.25) is 0 Å². The molecule has 0 bridgehead atoms. The van der Waals surface area contributed by atoms with Crippen LogP contribution in [0.1, 0.15) is 0 Å². The molecule has 3 heterocycles. The van der Waals surface area contributed by atoms with Gasteiger partial charge in [0.15, 0.2) is 11.6 Å². The minimum atomic E-state index is 0.551. The van der Waals surface area contributed by atoms with E-state index >= 15 is 0 Å². The van der Waals surface area contributed by atoms with Gasteiger partial charge >= 0.3 is 0 Å². The molecule has 0 aliphatic heterocycles. The monoisotopic (exact) mass is 839 g/mol. The summed E-state index contributed by atoms with van der Waals surface area (Å²) in [5.74, 6) is 1.75. The summed E-state index contributed by atoms with van der Waals surface area (Å²) < 4.78 is 4.82. The van der Waals surface area contributed by atoms with Gasteiger partial charge in [-0.15, -0.1) is 0 Å². The zero-order valence-electron chi connectivity index (χ0n) is 35.6. The summed E-state index contributed by atoms with van der Waals surface area (Å²) in [6.45, 7) is 0. The van der Waals surface area contributed by atoms with Crippen molar-refractivity contribution in [3.63, 3.8) is 0 Å². The van der Waals surface area contributed by atoms with E-state index in [1.54, 1.807) is 0 Å². The largest absolute Gasteiger partial charge is 0.307 e. The minimum absolute atomic E-state index is 0.551. The van der Waals surface area contributed by atoms with E-state index in [4.69, 9.17) is 15.0 Å². The predicted molar refractivity (Wildman–Crippen MR) is 275 cm³/mol. The summed E-state index contributed by atoms with van der Waals surface area (Å²) in [7, 11) is 0. The molecule has 5 nitrogen and oxygen atoms in total. The lowest BCUT2D eigenvalue weighted by molar-refractivity contribution is 0.955. The molecule has 14 aromatic rings. The van der Waals surface area contributed by atoms with Crippen LogP contribution in [0.4, 0.5) is 0 Å². The molecule has 66 heavy (non-hydrogen) atoms. The first-order chi connectivity index (χ1) is 32.8. The molecule has 0 atom stereocenters. The molecule has 0 radical (unpaired) electrons. The molecule has 0 unspecified atom stereocenters. The second-order valence-corrected chi connectivity index (χ2v) is 17.1. The van der Waals surface area contributed by atoms with Crippen LogP contribution in [0.15, 0.2) is 224 Å². The number of fused-ring (bicyclic) bond motifs is 17. The standard InChI is InChI=1S/C61H37N5/c1-4-19-38(20-5-1)40-23-18-24-41(37-40)60-62-59(39-21-6-2-7-22-39)63-61(64-60)66-57-51(36-35-50-45-29-16-17-34-52(45)65(56(50)57)42-25-8-3-9-26-42)54-49-33-15-14-32-48(49)53-46-30-12-10-27-43(46)44-28-11-13-31-47(44)55(53)58(54)66/h1-37H. The molecule has 0 N–H and O–H groups in total. The highest BCUT2D eigenvalue weighted by molar-refractivity contribution is 6.43. The molecule has 0 aliphatic rings. The van der Waals surface area contributed by atoms with Gasteiger partial charge in [0.2, 0.25) is 5.95 Å². The lowest BCUT2D eigenvalue weighted by Crippen LogP contribution is -2.07. The summed E-state index contributed by atoms with van der Waals surface area (Å²) in [5.41, 5.74) is 9.45. The van der Waals surface area contributed by atoms with Crippen molar-refractivity contribution in [3.8, 4) is 45.5 Å². The normalized spacial score (nSPS) is 11.9. The Morgan fingerprint density at radius 1 is 0.258 bits per heavy atom. The molecule has 5 heteroatoms. The number of para-hydroxylation sites is 2. The Balaban J connectivity index is 1.26. The van der Waals surface area contributed by atoms with Crippen molar-refractivity contribution in [2.75, 3.05) is 0 Å². The van der Waals surface area contributed by atoms with Gasteiger partial charge in [-0.3, -0.25) is 4.57 Å². The summed E-state index contributed by atoms with van der Waals surface area (Å²) in [5, 5.41) is 14.2. The van der Waals surface area contributed by atoms with Crippen molar-refractivity contribution in [1.82, 2.24) is 24.1 Å². The summed E-state index contributed by atoms with van der Waals surface area (Å²) in [4.78, 5) is 16.5. The van der Waals surface area contributed by atoms with E-state index in [2.05, 4.69) is 215 Å². The van der Waals surface area contributed by atoms with Gasteiger partial charge in [0.25, 0.3) is 0 Å². The lowest BCUT2D eigenvalue weighted by atomic mass is 9.89. The van der Waals surface area contributed by atoms with Crippen LogP contribution in [-0.4, -0.2) is 24.1 Å². The van der Waals surface area contributed by atoms with Crippen molar-refractivity contribution in [3.05, 3.63) is 224 Å². The van der Waals surface area contributed by atoms with Crippen LogP contribution in [0.25, 0.3) is 132 Å². The fourth-order valence-corrected chi connectivity index (χ4v) is 10.7. The van der Waals surface area contributed by atoms with Crippen molar-refractivity contribution in [2.45, 2.75) is 0 Å².